The van der Waals surface area contributed by atoms with Crippen LogP contribution in [0, 0.1) is 0 Å². The highest BCUT2D eigenvalue weighted by Gasteiger charge is 2.45. The number of aliphatic carboxylic acids is 1. The minimum atomic E-state index is -0.944. The van der Waals surface area contributed by atoms with Gasteiger partial charge >= 0.3 is 5.97 Å². The van der Waals surface area contributed by atoms with Gasteiger partial charge in [0, 0.05) is 5.56 Å². The van der Waals surface area contributed by atoms with Crippen molar-refractivity contribution in [1.29, 1.82) is 0 Å². The molecule has 0 bridgehead atoms. The Balaban J connectivity index is 1.80. The van der Waals surface area contributed by atoms with E-state index in [2.05, 4.69) is 10.6 Å². The van der Waals surface area contributed by atoms with Gasteiger partial charge in [-0.2, -0.15) is 0 Å². The molecule has 1 aromatic carbocycles. The molecule has 2 amide bonds. The van der Waals surface area contributed by atoms with Crippen LogP contribution in [0.15, 0.2) is 24.3 Å². The minimum absolute atomic E-state index is 0.0921. The van der Waals surface area contributed by atoms with Crippen LogP contribution in [0.4, 0.5) is 0 Å². The molecule has 1 saturated carbocycles. The van der Waals surface area contributed by atoms with Crippen molar-refractivity contribution in [3.8, 4) is 5.75 Å². The number of benzene rings is 1. The number of carboxylic acid groups (broad SMARTS) is 1. The van der Waals surface area contributed by atoms with E-state index in [1.807, 2.05) is 0 Å². The molecule has 118 valence electrons. The molecule has 1 aliphatic rings. The van der Waals surface area contributed by atoms with E-state index in [4.69, 9.17) is 9.84 Å². The maximum absolute atomic E-state index is 11.9. The Morgan fingerprint density at radius 2 is 1.86 bits per heavy atom. The standard InChI is InChI=1S/C15H18N2O5/c1-22-11-4-2-10(3-5-11)14(21)16-9-12(18)17-15(6-7-15)8-13(19)20/h2-5H,6-9H2,1H3,(H,16,21)(H,17,18)(H,19,20). The lowest BCUT2D eigenvalue weighted by molar-refractivity contribution is -0.138. The fourth-order valence-corrected chi connectivity index (χ4v) is 2.13. The van der Waals surface area contributed by atoms with Crippen LogP contribution < -0.4 is 15.4 Å². The Morgan fingerprint density at radius 3 is 2.36 bits per heavy atom. The number of nitrogens with one attached hydrogen (secondary N) is 2. The van der Waals surface area contributed by atoms with Crippen LogP contribution in [-0.4, -0.2) is 42.1 Å². The molecular weight excluding hydrogens is 288 g/mol. The quantitative estimate of drug-likeness (QED) is 0.682. The van der Waals surface area contributed by atoms with E-state index in [1.54, 1.807) is 24.3 Å². The molecule has 7 nitrogen and oxygen atoms in total. The summed E-state index contributed by atoms with van der Waals surface area (Å²) in [5.41, 5.74) is -0.214. The maximum Gasteiger partial charge on any atom is 0.305 e. The molecule has 3 N–H and O–H groups in total. The smallest absolute Gasteiger partial charge is 0.305 e. The van der Waals surface area contributed by atoms with Crippen molar-refractivity contribution in [2.45, 2.75) is 24.8 Å². The van der Waals surface area contributed by atoms with Crippen LogP contribution in [0.1, 0.15) is 29.6 Å². The first-order valence-corrected chi connectivity index (χ1v) is 6.89. The second-order valence-corrected chi connectivity index (χ2v) is 5.31. The van der Waals surface area contributed by atoms with Crippen molar-refractivity contribution < 1.29 is 24.2 Å². The first-order chi connectivity index (χ1) is 10.4. The first kappa shape index (κ1) is 15.8. The van der Waals surface area contributed by atoms with Crippen molar-refractivity contribution in [2.24, 2.45) is 0 Å². The second-order valence-electron chi connectivity index (χ2n) is 5.31. The van der Waals surface area contributed by atoms with Gasteiger partial charge in [0.15, 0.2) is 0 Å². The molecule has 1 aliphatic carbocycles. The van der Waals surface area contributed by atoms with Crippen LogP contribution >= 0.6 is 0 Å². The summed E-state index contributed by atoms with van der Waals surface area (Å²) < 4.78 is 5.00. The van der Waals surface area contributed by atoms with Crippen LogP contribution in [-0.2, 0) is 9.59 Å². The molecule has 0 aliphatic heterocycles. The van der Waals surface area contributed by atoms with Crippen molar-refractivity contribution in [3.63, 3.8) is 0 Å². The molecule has 2 rings (SSSR count). The summed E-state index contributed by atoms with van der Waals surface area (Å²) in [5.74, 6) is -1.07. The van der Waals surface area contributed by atoms with E-state index in [1.165, 1.54) is 7.11 Å². The zero-order chi connectivity index (χ0) is 16.2. The molecule has 0 unspecified atom stereocenters. The third-order valence-corrected chi connectivity index (χ3v) is 3.51. The number of hydrogen-bond donors (Lipinski definition) is 3. The largest absolute Gasteiger partial charge is 0.497 e. The number of methoxy groups -OCH3 is 1. The zero-order valence-electron chi connectivity index (χ0n) is 12.2. The monoisotopic (exact) mass is 306 g/mol. The SMILES string of the molecule is COc1ccc(C(=O)NCC(=O)NC2(CC(=O)O)CC2)cc1. The lowest BCUT2D eigenvalue weighted by Gasteiger charge is -2.15. The summed E-state index contributed by atoms with van der Waals surface area (Å²) in [6, 6.07) is 6.50. The Kier molecular flexibility index (Phi) is 4.65. The van der Waals surface area contributed by atoms with E-state index in [-0.39, 0.29) is 24.8 Å². The fourth-order valence-electron chi connectivity index (χ4n) is 2.13. The van der Waals surface area contributed by atoms with E-state index in [9.17, 15) is 14.4 Å². The average Bonchev–Trinajstić information content (AvgIpc) is 3.23. The van der Waals surface area contributed by atoms with Crippen molar-refractivity contribution in [2.75, 3.05) is 13.7 Å². The lowest BCUT2D eigenvalue weighted by atomic mass is 10.2. The number of ether oxygens (including phenoxy) is 1. The number of amides is 2. The number of rotatable bonds is 7. The third-order valence-electron chi connectivity index (χ3n) is 3.51. The van der Waals surface area contributed by atoms with Gasteiger partial charge in [0.05, 0.1) is 25.6 Å². The Morgan fingerprint density at radius 1 is 1.23 bits per heavy atom. The lowest BCUT2D eigenvalue weighted by Crippen LogP contribution is -2.44. The van der Waals surface area contributed by atoms with E-state index in [0.717, 1.165) is 0 Å². The predicted molar refractivity (Wildman–Crippen MR) is 77.7 cm³/mol. The van der Waals surface area contributed by atoms with Gasteiger partial charge in [0.1, 0.15) is 5.75 Å². The van der Waals surface area contributed by atoms with E-state index in [0.29, 0.717) is 24.2 Å². The van der Waals surface area contributed by atoms with Crippen molar-refractivity contribution in [1.82, 2.24) is 10.6 Å². The van der Waals surface area contributed by atoms with Gasteiger partial charge in [0.25, 0.3) is 5.91 Å². The Labute approximate surface area is 127 Å². The van der Waals surface area contributed by atoms with Gasteiger partial charge in [-0.1, -0.05) is 0 Å². The Bertz CT molecular complexity index is 578. The molecular formula is C15H18N2O5. The van der Waals surface area contributed by atoms with Gasteiger partial charge in [-0.05, 0) is 37.1 Å². The van der Waals surface area contributed by atoms with Gasteiger partial charge in [0.2, 0.25) is 5.91 Å². The molecule has 1 aromatic rings. The van der Waals surface area contributed by atoms with Crippen molar-refractivity contribution >= 4 is 17.8 Å². The molecule has 0 heterocycles. The predicted octanol–water partition coefficient (Wildman–Crippen LogP) is 0.548. The van der Waals surface area contributed by atoms with Crippen LogP contribution in [0.5, 0.6) is 5.75 Å². The molecule has 0 aromatic heterocycles. The molecule has 0 saturated heterocycles. The van der Waals surface area contributed by atoms with Gasteiger partial charge in [-0.15, -0.1) is 0 Å². The molecule has 7 heteroatoms. The number of carbonyl (C=O) groups excluding carboxylic acids is 2. The molecule has 1 fully saturated rings. The summed E-state index contributed by atoms with van der Waals surface area (Å²) in [4.78, 5) is 34.4. The molecule has 0 spiro atoms. The average molecular weight is 306 g/mol. The fraction of sp³-hybridized carbons (Fsp3) is 0.400. The number of carbonyl (C=O) groups is 3. The number of carboxylic acids is 1. The summed E-state index contributed by atoms with van der Waals surface area (Å²) in [6.45, 7) is -0.188. The summed E-state index contributed by atoms with van der Waals surface area (Å²) in [6.07, 6.45) is 1.21. The summed E-state index contributed by atoms with van der Waals surface area (Å²) >= 11 is 0. The van der Waals surface area contributed by atoms with Gasteiger partial charge < -0.3 is 20.5 Å². The molecule has 0 atom stereocenters. The normalized spacial score (nSPS) is 14.8. The van der Waals surface area contributed by atoms with Gasteiger partial charge in [-0.25, -0.2) is 0 Å². The van der Waals surface area contributed by atoms with Crippen LogP contribution in [0.3, 0.4) is 0 Å². The van der Waals surface area contributed by atoms with Crippen LogP contribution in [0.2, 0.25) is 0 Å². The maximum atomic E-state index is 11.9. The zero-order valence-corrected chi connectivity index (χ0v) is 12.2. The summed E-state index contributed by atoms with van der Waals surface area (Å²) in [5, 5.41) is 14.0. The van der Waals surface area contributed by atoms with Crippen LogP contribution in [0.25, 0.3) is 0 Å². The number of hydrogen-bond acceptors (Lipinski definition) is 4. The molecule has 0 radical (unpaired) electrons. The minimum Gasteiger partial charge on any atom is -0.497 e. The summed E-state index contributed by atoms with van der Waals surface area (Å²) in [7, 11) is 1.53. The highest BCUT2D eigenvalue weighted by Crippen LogP contribution is 2.38. The van der Waals surface area contributed by atoms with Gasteiger partial charge in [-0.3, -0.25) is 14.4 Å². The highest BCUT2D eigenvalue weighted by atomic mass is 16.5. The topological polar surface area (TPSA) is 105 Å². The second kappa shape index (κ2) is 6.46. The highest BCUT2D eigenvalue weighted by molar-refractivity contribution is 5.96. The van der Waals surface area contributed by atoms with E-state index >= 15 is 0 Å². The molecule has 22 heavy (non-hydrogen) atoms. The Hall–Kier alpha value is -2.57. The van der Waals surface area contributed by atoms with E-state index < -0.39 is 11.5 Å². The third kappa shape index (κ3) is 4.21. The van der Waals surface area contributed by atoms with Crippen molar-refractivity contribution in [3.05, 3.63) is 29.8 Å². The first-order valence-electron chi connectivity index (χ1n) is 6.89.